The van der Waals surface area contributed by atoms with Gasteiger partial charge in [-0.3, -0.25) is 0 Å². The van der Waals surface area contributed by atoms with Gasteiger partial charge in [-0.2, -0.15) is 9.97 Å². The van der Waals surface area contributed by atoms with E-state index in [1.54, 1.807) is 12.1 Å². The minimum absolute atomic E-state index is 0.0434. The van der Waals surface area contributed by atoms with Gasteiger partial charge >= 0.3 is 12.0 Å². The Bertz CT molecular complexity index is 535. The van der Waals surface area contributed by atoms with Crippen molar-refractivity contribution < 1.29 is 9.47 Å². The third-order valence-electron chi connectivity index (χ3n) is 1.80. The molecular weight excluding hydrogens is 288 g/mol. The van der Waals surface area contributed by atoms with Crippen LogP contribution < -0.4 is 15.2 Å². The van der Waals surface area contributed by atoms with E-state index in [1.165, 1.54) is 7.11 Å². The molecule has 88 valence electrons. The van der Waals surface area contributed by atoms with E-state index >= 15 is 0 Å². The molecule has 1 aromatic carbocycles. The van der Waals surface area contributed by atoms with Crippen LogP contribution in [-0.4, -0.2) is 22.1 Å². The molecule has 0 saturated heterocycles. The number of hydrogen-bond acceptors (Lipinski definition) is 6. The number of nitrogen functional groups attached to an aromatic ring is 1. The lowest BCUT2D eigenvalue weighted by Gasteiger charge is -2.05. The second kappa shape index (κ2) is 4.96. The number of nitrogens with zero attached hydrogens (tertiary/aromatic N) is 3. The first-order chi connectivity index (χ1) is 8.17. The summed E-state index contributed by atoms with van der Waals surface area (Å²) in [5, 5.41) is 0. The van der Waals surface area contributed by atoms with Crippen molar-refractivity contribution in [3.63, 3.8) is 0 Å². The van der Waals surface area contributed by atoms with Crippen molar-refractivity contribution in [1.82, 2.24) is 15.0 Å². The predicted octanol–water partition coefficient (Wildman–Crippen LogP) is 2.02. The molecule has 1 aromatic heterocycles. The van der Waals surface area contributed by atoms with Crippen LogP contribution in [-0.2, 0) is 0 Å². The molecule has 2 aromatic rings. The maximum absolute atomic E-state index is 5.49. The number of rotatable bonds is 3. The lowest BCUT2D eigenvalue weighted by Crippen LogP contribution is -2.02. The van der Waals surface area contributed by atoms with E-state index in [1.807, 2.05) is 12.1 Å². The minimum atomic E-state index is 0.0434. The third kappa shape index (κ3) is 3.04. The molecule has 0 saturated carbocycles. The Morgan fingerprint density at radius 1 is 1.18 bits per heavy atom. The maximum atomic E-state index is 5.49. The van der Waals surface area contributed by atoms with Gasteiger partial charge in [-0.05, 0) is 18.2 Å². The number of aromatic nitrogens is 3. The molecule has 0 atom stereocenters. The zero-order valence-corrected chi connectivity index (χ0v) is 10.5. The molecule has 0 aliphatic rings. The summed E-state index contributed by atoms with van der Waals surface area (Å²) in [6.07, 6.45) is 0. The first-order valence-electron chi connectivity index (χ1n) is 4.66. The van der Waals surface area contributed by atoms with Crippen LogP contribution in [0.4, 0.5) is 5.95 Å². The van der Waals surface area contributed by atoms with E-state index in [4.69, 9.17) is 15.2 Å². The standard InChI is InChI=1S/C10H9BrN4O2/c1-16-9-13-8(12)14-10(15-9)17-7-4-2-3-6(11)5-7/h2-5H,1H3,(H2,12,13,14,15). The molecule has 0 fully saturated rings. The van der Waals surface area contributed by atoms with Crippen molar-refractivity contribution in [2.45, 2.75) is 0 Å². The molecule has 0 spiro atoms. The maximum Gasteiger partial charge on any atom is 0.330 e. The quantitative estimate of drug-likeness (QED) is 0.933. The smallest absolute Gasteiger partial charge is 0.330 e. The first-order valence-corrected chi connectivity index (χ1v) is 5.45. The van der Waals surface area contributed by atoms with Gasteiger partial charge in [-0.15, -0.1) is 4.98 Å². The van der Waals surface area contributed by atoms with Gasteiger partial charge in [0.15, 0.2) is 0 Å². The summed E-state index contributed by atoms with van der Waals surface area (Å²) in [7, 11) is 1.44. The molecule has 7 heteroatoms. The van der Waals surface area contributed by atoms with Crippen LogP contribution in [0.3, 0.4) is 0 Å². The largest absolute Gasteiger partial charge is 0.467 e. The van der Waals surface area contributed by atoms with Gasteiger partial charge < -0.3 is 15.2 Å². The van der Waals surface area contributed by atoms with Crippen molar-refractivity contribution in [2.75, 3.05) is 12.8 Å². The number of hydrogen-bond donors (Lipinski definition) is 1. The molecule has 17 heavy (non-hydrogen) atoms. The Hall–Kier alpha value is -1.89. The van der Waals surface area contributed by atoms with Crippen molar-refractivity contribution in [1.29, 1.82) is 0 Å². The molecule has 2 N–H and O–H groups in total. The molecule has 0 bridgehead atoms. The molecule has 0 aliphatic carbocycles. The summed E-state index contributed by atoms with van der Waals surface area (Å²) in [4.78, 5) is 11.5. The van der Waals surface area contributed by atoms with Gasteiger partial charge in [-0.1, -0.05) is 22.0 Å². The van der Waals surface area contributed by atoms with Gasteiger partial charge in [0.05, 0.1) is 7.11 Å². The Morgan fingerprint density at radius 3 is 2.65 bits per heavy atom. The Kier molecular flexibility index (Phi) is 3.38. The Balaban J connectivity index is 2.26. The van der Waals surface area contributed by atoms with Crippen LogP contribution in [0.1, 0.15) is 0 Å². The minimum Gasteiger partial charge on any atom is -0.467 e. The van der Waals surface area contributed by atoms with Gasteiger partial charge in [0, 0.05) is 4.47 Å². The van der Waals surface area contributed by atoms with Crippen LogP contribution in [0.2, 0.25) is 0 Å². The van der Waals surface area contributed by atoms with Gasteiger partial charge in [-0.25, -0.2) is 0 Å². The fourth-order valence-corrected chi connectivity index (χ4v) is 1.50. The molecule has 0 aliphatic heterocycles. The predicted molar refractivity (Wildman–Crippen MR) is 65.0 cm³/mol. The number of ether oxygens (including phenoxy) is 2. The molecule has 0 unspecified atom stereocenters. The number of methoxy groups -OCH3 is 1. The topological polar surface area (TPSA) is 83.2 Å². The third-order valence-corrected chi connectivity index (χ3v) is 2.29. The van der Waals surface area contributed by atoms with E-state index in [0.29, 0.717) is 5.75 Å². The van der Waals surface area contributed by atoms with Gasteiger partial charge in [0.25, 0.3) is 0 Å². The van der Waals surface area contributed by atoms with Gasteiger partial charge in [0.1, 0.15) is 5.75 Å². The number of anilines is 1. The van der Waals surface area contributed by atoms with E-state index in [2.05, 4.69) is 30.9 Å². The zero-order chi connectivity index (χ0) is 12.3. The highest BCUT2D eigenvalue weighted by atomic mass is 79.9. The number of halogens is 1. The summed E-state index contributed by atoms with van der Waals surface area (Å²) >= 11 is 3.34. The highest BCUT2D eigenvalue weighted by Crippen LogP contribution is 2.22. The van der Waals surface area contributed by atoms with Crippen LogP contribution in [0, 0.1) is 0 Å². The number of benzene rings is 1. The second-order valence-corrected chi connectivity index (χ2v) is 3.94. The van der Waals surface area contributed by atoms with E-state index in [9.17, 15) is 0 Å². The van der Waals surface area contributed by atoms with Crippen LogP contribution >= 0.6 is 15.9 Å². The fraction of sp³-hybridized carbons (Fsp3) is 0.100. The average molecular weight is 297 g/mol. The van der Waals surface area contributed by atoms with Gasteiger partial charge in [0.2, 0.25) is 5.95 Å². The molecule has 2 rings (SSSR count). The fourth-order valence-electron chi connectivity index (χ4n) is 1.13. The Morgan fingerprint density at radius 2 is 1.94 bits per heavy atom. The SMILES string of the molecule is COc1nc(N)nc(Oc2cccc(Br)c2)n1. The van der Waals surface area contributed by atoms with Crippen molar-refractivity contribution >= 4 is 21.9 Å². The van der Waals surface area contributed by atoms with E-state index in [-0.39, 0.29) is 18.0 Å². The summed E-state index contributed by atoms with van der Waals surface area (Å²) in [5.74, 6) is 0.633. The van der Waals surface area contributed by atoms with Crippen molar-refractivity contribution in [2.24, 2.45) is 0 Å². The monoisotopic (exact) mass is 296 g/mol. The van der Waals surface area contributed by atoms with E-state index in [0.717, 1.165) is 4.47 Å². The Labute approximate surface area is 106 Å². The van der Waals surface area contributed by atoms with Crippen LogP contribution in [0.15, 0.2) is 28.7 Å². The molecule has 0 radical (unpaired) electrons. The van der Waals surface area contributed by atoms with Crippen molar-refractivity contribution in [3.8, 4) is 17.8 Å². The molecule has 1 heterocycles. The summed E-state index contributed by atoms with van der Waals surface area (Å²) in [6.45, 7) is 0. The molecular formula is C10H9BrN4O2. The normalized spacial score (nSPS) is 10.0. The van der Waals surface area contributed by atoms with Crippen molar-refractivity contribution in [3.05, 3.63) is 28.7 Å². The summed E-state index contributed by atoms with van der Waals surface area (Å²) in [5.41, 5.74) is 5.49. The summed E-state index contributed by atoms with van der Waals surface area (Å²) in [6, 6.07) is 7.48. The second-order valence-electron chi connectivity index (χ2n) is 3.02. The first kappa shape index (κ1) is 11.6. The number of nitrogens with two attached hydrogens (primary N) is 1. The van der Waals surface area contributed by atoms with E-state index < -0.39 is 0 Å². The van der Waals surface area contributed by atoms with Crippen LogP contribution in [0.5, 0.6) is 17.8 Å². The lowest BCUT2D eigenvalue weighted by atomic mass is 10.3. The molecule has 0 amide bonds. The molecule has 6 nitrogen and oxygen atoms in total. The lowest BCUT2D eigenvalue weighted by molar-refractivity contribution is 0.360. The average Bonchev–Trinajstić information content (AvgIpc) is 2.28. The summed E-state index contributed by atoms with van der Waals surface area (Å²) < 4.78 is 11.2. The highest BCUT2D eigenvalue weighted by molar-refractivity contribution is 9.10. The van der Waals surface area contributed by atoms with Crippen LogP contribution in [0.25, 0.3) is 0 Å². The highest BCUT2D eigenvalue weighted by Gasteiger charge is 2.06. The zero-order valence-electron chi connectivity index (χ0n) is 8.92.